The molecule has 1 aliphatic heterocycles. The summed E-state index contributed by atoms with van der Waals surface area (Å²) >= 11 is 0. The highest BCUT2D eigenvalue weighted by Crippen LogP contribution is 2.45. The molecule has 4 aromatic heterocycles. The maximum atomic E-state index is 13.5. The lowest BCUT2D eigenvalue weighted by Gasteiger charge is -2.34. The summed E-state index contributed by atoms with van der Waals surface area (Å²) in [4.78, 5) is 24.6. The molecule has 0 radical (unpaired) electrons. The first-order chi connectivity index (χ1) is 17.2. The van der Waals surface area contributed by atoms with E-state index in [4.69, 9.17) is 9.97 Å². The van der Waals surface area contributed by atoms with Crippen molar-refractivity contribution in [1.29, 1.82) is 0 Å². The third-order valence-electron chi connectivity index (χ3n) is 6.36. The Bertz CT molecular complexity index is 1380. The molecular weight excluding hydrogens is 450 g/mol. The zero-order chi connectivity index (χ0) is 23.8. The standard InChI is InChI=1S/C25H24F2N8/c26-11-17-14-35(9-8-29-17)25-23-18(15-4-5-15)12-28-13-19(23)31-24(34-25)16-6-7-30-22(10-16)33-21-3-1-2-20(27)32-21/h1-3,6-7,10,12-13,15,17,29H,4-5,8-9,11,14H2,(H,30,32,33). The van der Waals surface area contributed by atoms with E-state index in [0.717, 1.165) is 47.2 Å². The van der Waals surface area contributed by atoms with Gasteiger partial charge in [0.1, 0.15) is 24.1 Å². The van der Waals surface area contributed by atoms with Gasteiger partial charge in [-0.15, -0.1) is 0 Å². The lowest BCUT2D eigenvalue weighted by Crippen LogP contribution is -2.52. The van der Waals surface area contributed by atoms with Crippen LogP contribution in [0.1, 0.15) is 24.3 Å². The summed E-state index contributed by atoms with van der Waals surface area (Å²) in [6.45, 7) is 1.51. The molecule has 6 rings (SSSR count). The normalized spacial score (nSPS) is 18.1. The summed E-state index contributed by atoms with van der Waals surface area (Å²) in [7, 11) is 0. The Morgan fingerprint density at radius 2 is 2.00 bits per heavy atom. The van der Waals surface area contributed by atoms with Crippen LogP contribution in [0.3, 0.4) is 0 Å². The van der Waals surface area contributed by atoms with Gasteiger partial charge in [-0.2, -0.15) is 4.39 Å². The van der Waals surface area contributed by atoms with Crippen LogP contribution >= 0.6 is 0 Å². The Morgan fingerprint density at radius 1 is 1.09 bits per heavy atom. The largest absolute Gasteiger partial charge is 0.353 e. The van der Waals surface area contributed by atoms with E-state index in [9.17, 15) is 8.78 Å². The van der Waals surface area contributed by atoms with Crippen LogP contribution in [0.4, 0.5) is 26.2 Å². The number of rotatable bonds is 6. The Labute approximate surface area is 200 Å². The average molecular weight is 475 g/mol. The van der Waals surface area contributed by atoms with Crippen LogP contribution in [0.2, 0.25) is 0 Å². The molecule has 4 aromatic rings. The van der Waals surface area contributed by atoms with Gasteiger partial charge in [-0.05, 0) is 48.6 Å². The van der Waals surface area contributed by atoms with E-state index in [1.54, 1.807) is 30.6 Å². The summed E-state index contributed by atoms with van der Waals surface area (Å²) in [6.07, 6.45) is 7.59. The second-order valence-corrected chi connectivity index (χ2v) is 8.92. The van der Waals surface area contributed by atoms with Crippen LogP contribution in [0.25, 0.3) is 22.3 Å². The van der Waals surface area contributed by atoms with E-state index in [1.165, 1.54) is 6.07 Å². The van der Waals surface area contributed by atoms with Gasteiger partial charge in [-0.25, -0.2) is 24.3 Å². The van der Waals surface area contributed by atoms with E-state index in [2.05, 4.69) is 30.5 Å². The maximum Gasteiger partial charge on any atom is 0.214 e. The van der Waals surface area contributed by atoms with Crippen LogP contribution in [0, 0.1) is 5.95 Å². The van der Waals surface area contributed by atoms with E-state index in [0.29, 0.717) is 36.5 Å². The predicted octanol–water partition coefficient (Wildman–Crippen LogP) is 3.99. The number of halogens is 2. The molecule has 1 unspecified atom stereocenters. The SMILES string of the molecule is FCC1CN(c2nc(-c3ccnc(Nc4cccc(F)n4)c3)nc3cncc(C4CC4)c23)CCN1. The van der Waals surface area contributed by atoms with Gasteiger partial charge in [-0.1, -0.05) is 6.07 Å². The minimum Gasteiger partial charge on any atom is -0.353 e. The highest BCUT2D eigenvalue weighted by Gasteiger charge is 2.30. The van der Waals surface area contributed by atoms with Gasteiger partial charge in [0.25, 0.3) is 0 Å². The van der Waals surface area contributed by atoms with Crippen molar-refractivity contribution in [1.82, 2.24) is 30.2 Å². The number of piperazine rings is 1. The zero-order valence-electron chi connectivity index (χ0n) is 19.0. The topological polar surface area (TPSA) is 91.8 Å². The number of pyridine rings is 3. The van der Waals surface area contributed by atoms with Crippen LogP contribution in [-0.4, -0.2) is 57.3 Å². The molecule has 2 aliphatic rings. The molecule has 10 heteroatoms. The quantitative estimate of drug-likeness (QED) is 0.406. The zero-order valence-corrected chi connectivity index (χ0v) is 19.0. The fraction of sp³-hybridized carbons (Fsp3) is 0.320. The van der Waals surface area contributed by atoms with Crippen molar-refractivity contribution in [3.8, 4) is 11.4 Å². The van der Waals surface area contributed by atoms with Gasteiger partial charge >= 0.3 is 0 Å². The first-order valence-electron chi connectivity index (χ1n) is 11.7. The van der Waals surface area contributed by atoms with Crippen molar-refractivity contribution >= 4 is 28.4 Å². The third kappa shape index (κ3) is 4.49. The lowest BCUT2D eigenvalue weighted by molar-refractivity contribution is 0.352. The molecule has 8 nitrogen and oxygen atoms in total. The number of anilines is 3. The summed E-state index contributed by atoms with van der Waals surface area (Å²) in [5, 5.41) is 7.25. The Balaban J connectivity index is 1.43. The molecule has 1 aliphatic carbocycles. The molecule has 35 heavy (non-hydrogen) atoms. The highest BCUT2D eigenvalue weighted by molar-refractivity contribution is 5.94. The summed E-state index contributed by atoms with van der Waals surface area (Å²) < 4.78 is 27.0. The van der Waals surface area contributed by atoms with Gasteiger partial charge in [-0.3, -0.25) is 4.98 Å². The third-order valence-corrected chi connectivity index (χ3v) is 6.36. The van der Waals surface area contributed by atoms with Gasteiger partial charge in [0.15, 0.2) is 5.82 Å². The number of hydrogen-bond donors (Lipinski definition) is 2. The molecule has 0 spiro atoms. The molecule has 0 aromatic carbocycles. The average Bonchev–Trinajstić information content (AvgIpc) is 3.73. The van der Waals surface area contributed by atoms with E-state index in [1.807, 2.05) is 12.3 Å². The van der Waals surface area contributed by atoms with Crippen LogP contribution in [-0.2, 0) is 0 Å². The number of fused-ring (bicyclic) bond motifs is 1. The number of aromatic nitrogens is 5. The van der Waals surface area contributed by atoms with Gasteiger partial charge < -0.3 is 15.5 Å². The summed E-state index contributed by atoms with van der Waals surface area (Å²) in [5.41, 5.74) is 2.67. The van der Waals surface area contributed by atoms with E-state index >= 15 is 0 Å². The second kappa shape index (κ2) is 9.10. The molecule has 2 N–H and O–H groups in total. The van der Waals surface area contributed by atoms with Gasteiger partial charge in [0, 0.05) is 43.0 Å². The number of hydrogen-bond acceptors (Lipinski definition) is 8. The van der Waals surface area contributed by atoms with Crippen molar-refractivity contribution in [3.05, 3.63) is 60.4 Å². The Morgan fingerprint density at radius 3 is 2.83 bits per heavy atom. The van der Waals surface area contributed by atoms with Gasteiger partial charge in [0.05, 0.1) is 17.8 Å². The van der Waals surface area contributed by atoms with E-state index < -0.39 is 12.6 Å². The maximum absolute atomic E-state index is 13.5. The van der Waals surface area contributed by atoms with Crippen molar-refractivity contribution in [2.75, 3.05) is 36.5 Å². The molecule has 0 amide bonds. The second-order valence-electron chi connectivity index (χ2n) is 8.92. The predicted molar refractivity (Wildman–Crippen MR) is 130 cm³/mol. The molecule has 1 saturated heterocycles. The molecule has 0 bridgehead atoms. The molecule has 5 heterocycles. The number of nitrogens with zero attached hydrogens (tertiary/aromatic N) is 6. The minimum absolute atomic E-state index is 0.237. The van der Waals surface area contributed by atoms with Crippen molar-refractivity contribution in [3.63, 3.8) is 0 Å². The Kier molecular flexibility index (Phi) is 5.65. The summed E-state index contributed by atoms with van der Waals surface area (Å²) in [6, 6.07) is 7.92. The summed E-state index contributed by atoms with van der Waals surface area (Å²) in [5.74, 6) is 2.08. The first-order valence-corrected chi connectivity index (χ1v) is 11.7. The van der Waals surface area contributed by atoms with Crippen molar-refractivity contribution in [2.45, 2.75) is 24.8 Å². The minimum atomic E-state index is -0.574. The van der Waals surface area contributed by atoms with Crippen LogP contribution < -0.4 is 15.5 Å². The van der Waals surface area contributed by atoms with E-state index in [-0.39, 0.29) is 6.04 Å². The first kappa shape index (κ1) is 21.7. The highest BCUT2D eigenvalue weighted by atomic mass is 19.1. The Hall–Kier alpha value is -3.79. The molecule has 2 fully saturated rings. The molecule has 1 saturated carbocycles. The number of nitrogens with one attached hydrogen (secondary N) is 2. The fourth-order valence-electron chi connectivity index (χ4n) is 4.52. The fourth-order valence-corrected chi connectivity index (χ4v) is 4.52. The number of alkyl halides is 1. The smallest absolute Gasteiger partial charge is 0.214 e. The van der Waals surface area contributed by atoms with Crippen molar-refractivity contribution < 1.29 is 8.78 Å². The molecular formula is C25H24F2N8. The monoisotopic (exact) mass is 474 g/mol. The lowest BCUT2D eigenvalue weighted by atomic mass is 10.1. The molecule has 1 atom stereocenters. The molecule has 178 valence electrons. The van der Waals surface area contributed by atoms with Crippen LogP contribution in [0.15, 0.2) is 48.9 Å². The van der Waals surface area contributed by atoms with Crippen LogP contribution in [0.5, 0.6) is 0 Å². The van der Waals surface area contributed by atoms with Crippen molar-refractivity contribution in [2.24, 2.45) is 0 Å². The van der Waals surface area contributed by atoms with Gasteiger partial charge in [0.2, 0.25) is 5.95 Å².